The third-order valence-electron chi connectivity index (χ3n) is 3.51. The van der Waals surface area contributed by atoms with Crippen molar-refractivity contribution in [1.29, 1.82) is 0 Å². The molecule has 0 bridgehead atoms. The number of halogens is 1. The Morgan fingerprint density at radius 1 is 1.16 bits per heavy atom. The first kappa shape index (κ1) is 18.7. The van der Waals surface area contributed by atoms with Crippen LogP contribution in [0.5, 0.6) is 17.2 Å². The number of hydrogen-bond acceptors (Lipinski definition) is 5. The molecule has 0 aliphatic rings. The zero-order valence-electron chi connectivity index (χ0n) is 14.1. The number of para-hydroxylation sites is 2. The molecule has 134 valence electrons. The average Bonchev–Trinajstić information content (AvgIpc) is 2.62. The van der Waals surface area contributed by atoms with Crippen LogP contribution in [0.25, 0.3) is 0 Å². The van der Waals surface area contributed by atoms with Gasteiger partial charge in [0.2, 0.25) is 5.91 Å². The van der Waals surface area contributed by atoms with Gasteiger partial charge in [-0.1, -0.05) is 12.1 Å². The molecule has 0 saturated heterocycles. The van der Waals surface area contributed by atoms with E-state index in [1.54, 1.807) is 30.3 Å². The minimum absolute atomic E-state index is 0.0271. The molecule has 1 amide bonds. The lowest BCUT2D eigenvalue weighted by atomic mass is 10.2. The minimum Gasteiger partial charge on any atom is -0.493 e. The second kappa shape index (κ2) is 9.00. The average molecular weight is 348 g/mol. The van der Waals surface area contributed by atoms with E-state index in [1.165, 1.54) is 26.4 Å². The summed E-state index contributed by atoms with van der Waals surface area (Å²) in [7, 11) is 2.99. The molecular weight excluding hydrogens is 327 g/mol. The van der Waals surface area contributed by atoms with Crippen molar-refractivity contribution in [3.05, 3.63) is 48.3 Å². The Labute approximate surface area is 145 Å². The van der Waals surface area contributed by atoms with Crippen LogP contribution in [-0.2, 0) is 9.53 Å². The molecule has 1 unspecified atom stereocenters. The van der Waals surface area contributed by atoms with Crippen molar-refractivity contribution >= 4 is 11.6 Å². The lowest BCUT2D eigenvalue weighted by Gasteiger charge is -2.14. The molecule has 0 radical (unpaired) electrons. The van der Waals surface area contributed by atoms with Crippen molar-refractivity contribution < 1.29 is 23.4 Å². The van der Waals surface area contributed by atoms with Crippen LogP contribution in [0, 0.1) is 5.82 Å². The smallest absolute Gasteiger partial charge is 0.227 e. The number of benzene rings is 2. The van der Waals surface area contributed by atoms with Crippen LogP contribution in [0.3, 0.4) is 0 Å². The van der Waals surface area contributed by atoms with E-state index in [0.29, 0.717) is 17.2 Å². The van der Waals surface area contributed by atoms with Crippen LogP contribution in [0.1, 0.15) is 6.42 Å². The molecule has 2 rings (SSSR count). The predicted octanol–water partition coefficient (Wildman–Crippen LogP) is 2.93. The quantitative estimate of drug-likeness (QED) is 0.766. The van der Waals surface area contributed by atoms with E-state index < -0.39 is 5.82 Å². The Hall–Kier alpha value is -2.64. The highest BCUT2D eigenvalue weighted by Gasteiger charge is 2.14. The molecule has 0 heterocycles. The lowest BCUT2D eigenvalue weighted by molar-refractivity contribution is -0.118. The van der Waals surface area contributed by atoms with Crippen LogP contribution >= 0.6 is 0 Å². The SMILES string of the molecule is COc1ccccc1Oc1ccc(NC(=O)CC(CN)OC)cc1F. The van der Waals surface area contributed by atoms with Crippen molar-refractivity contribution in [3.63, 3.8) is 0 Å². The molecule has 2 aromatic carbocycles. The van der Waals surface area contributed by atoms with Crippen molar-refractivity contribution in [2.24, 2.45) is 5.73 Å². The fourth-order valence-corrected chi connectivity index (χ4v) is 2.16. The number of hydrogen-bond donors (Lipinski definition) is 2. The Balaban J connectivity index is 2.06. The number of rotatable bonds is 8. The first-order chi connectivity index (χ1) is 12.1. The zero-order valence-corrected chi connectivity index (χ0v) is 14.1. The molecule has 0 aromatic heterocycles. The summed E-state index contributed by atoms with van der Waals surface area (Å²) in [4.78, 5) is 11.9. The van der Waals surface area contributed by atoms with Gasteiger partial charge in [0.05, 0.1) is 19.6 Å². The van der Waals surface area contributed by atoms with Crippen molar-refractivity contribution in [2.75, 3.05) is 26.1 Å². The van der Waals surface area contributed by atoms with Gasteiger partial charge in [-0.3, -0.25) is 4.79 Å². The number of anilines is 1. The van der Waals surface area contributed by atoms with Gasteiger partial charge < -0.3 is 25.3 Å². The summed E-state index contributed by atoms with van der Waals surface area (Å²) in [6.45, 7) is 0.226. The Morgan fingerprint density at radius 3 is 2.48 bits per heavy atom. The summed E-state index contributed by atoms with van der Waals surface area (Å²) in [5.41, 5.74) is 5.80. The lowest BCUT2D eigenvalue weighted by Crippen LogP contribution is -2.28. The molecule has 0 aliphatic heterocycles. The number of ether oxygens (including phenoxy) is 3. The first-order valence-electron chi connectivity index (χ1n) is 7.70. The van der Waals surface area contributed by atoms with Gasteiger partial charge in [-0.25, -0.2) is 4.39 Å². The molecule has 1 atom stereocenters. The van der Waals surface area contributed by atoms with Gasteiger partial charge in [0.25, 0.3) is 0 Å². The standard InChI is InChI=1S/C18H21FN2O4/c1-23-13(11-20)10-18(22)21-12-7-8-15(14(19)9-12)25-17-6-4-3-5-16(17)24-2/h3-9,13H,10-11,20H2,1-2H3,(H,21,22). The van der Waals surface area contributed by atoms with Gasteiger partial charge in [0, 0.05) is 25.4 Å². The maximum atomic E-state index is 14.3. The van der Waals surface area contributed by atoms with Gasteiger partial charge in [-0.05, 0) is 24.3 Å². The fraction of sp³-hybridized carbons (Fsp3) is 0.278. The first-order valence-corrected chi connectivity index (χ1v) is 7.70. The number of carbonyl (C=O) groups excluding carboxylic acids is 1. The van der Waals surface area contributed by atoms with Crippen molar-refractivity contribution in [2.45, 2.75) is 12.5 Å². The van der Waals surface area contributed by atoms with Gasteiger partial charge in [0.1, 0.15) is 0 Å². The molecule has 0 fully saturated rings. The highest BCUT2D eigenvalue weighted by molar-refractivity contribution is 5.91. The van der Waals surface area contributed by atoms with E-state index in [4.69, 9.17) is 19.9 Å². The molecule has 0 aliphatic carbocycles. The third kappa shape index (κ3) is 5.17. The molecule has 0 spiro atoms. The van der Waals surface area contributed by atoms with Crippen LogP contribution < -0.4 is 20.5 Å². The van der Waals surface area contributed by atoms with Gasteiger partial charge in [-0.15, -0.1) is 0 Å². The second-order valence-corrected chi connectivity index (χ2v) is 5.24. The van der Waals surface area contributed by atoms with Gasteiger partial charge in [-0.2, -0.15) is 0 Å². The maximum absolute atomic E-state index is 14.3. The molecule has 25 heavy (non-hydrogen) atoms. The molecule has 0 saturated carbocycles. The van der Waals surface area contributed by atoms with Crippen LogP contribution in [-0.4, -0.2) is 32.8 Å². The Bertz CT molecular complexity index is 720. The number of methoxy groups -OCH3 is 2. The summed E-state index contributed by atoms with van der Waals surface area (Å²) >= 11 is 0. The van der Waals surface area contributed by atoms with Crippen LogP contribution in [0.2, 0.25) is 0 Å². The minimum atomic E-state index is -0.606. The van der Waals surface area contributed by atoms with E-state index in [-0.39, 0.29) is 30.7 Å². The Morgan fingerprint density at radius 2 is 1.88 bits per heavy atom. The maximum Gasteiger partial charge on any atom is 0.227 e. The van der Waals surface area contributed by atoms with Crippen LogP contribution in [0.4, 0.5) is 10.1 Å². The normalized spacial score (nSPS) is 11.7. The van der Waals surface area contributed by atoms with Crippen molar-refractivity contribution in [1.82, 2.24) is 0 Å². The van der Waals surface area contributed by atoms with E-state index in [2.05, 4.69) is 5.32 Å². The summed E-state index contributed by atoms with van der Waals surface area (Å²) < 4.78 is 30.0. The van der Waals surface area contributed by atoms with Gasteiger partial charge in [0.15, 0.2) is 23.1 Å². The summed E-state index contributed by atoms with van der Waals surface area (Å²) in [6.07, 6.45) is -0.285. The highest BCUT2D eigenvalue weighted by Crippen LogP contribution is 2.33. The second-order valence-electron chi connectivity index (χ2n) is 5.24. The number of carbonyl (C=O) groups is 1. The van der Waals surface area contributed by atoms with E-state index in [1.807, 2.05) is 0 Å². The molecule has 3 N–H and O–H groups in total. The zero-order chi connectivity index (χ0) is 18.2. The van der Waals surface area contributed by atoms with Crippen LogP contribution in [0.15, 0.2) is 42.5 Å². The van der Waals surface area contributed by atoms with E-state index >= 15 is 0 Å². The fourth-order valence-electron chi connectivity index (χ4n) is 2.16. The Kier molecular flexibility index (Phi) is 6.73. The molecule has 7 heteroatoms. The number of amides is 1. The number of nitrogens with two attached hydrogens (primary N) is 1. The predicted molar refractivity (Wildman–Crippen MR) is 92.6 cm³/mol. The van der Waals surface area contributed by atoms with Crippen molar-refractivity contribution in [3.8, 4) is 17.2 Å². The topological polar surface area (TPSA) is 82.8 Å². The monoisotopic (exact) mass is 348 g/mol. The molecular formula is C18H21FN2O4. The largest absolute Gasteiger partial charge is 0.493 e. The highest BCUT2D eigenvalue weighted by atomic mass is 19.1. The van der Waals surface area contributed by atoms with E-state index in [9.17, 15) is 9.18 Å². The number of nitrogens with one attached hydrogen (secondary N) is 1. The van der Waals surface area contributed by atoms with Gasteiger partial charge >= 0.3 is 0 Å². The summed E-state index contributed by atoms with van der Waals surface area (Å²) in [5.74, 6) is -0.00150. The third-order valence-corrected chi connectivity index (χ3v) is 3.51. The van der Waals surface area contributed by atoms with E-state index in [0.717, 1.165) is 0 Å². The molecule has 6 nitrogen and oxygen atoms in total. The summed E-state index contributed by atoms with van der Waals surface area (Å²) in [5, 5.41) is 2.60. The summed E-state index contributed by atoms with van der Waals surface area (Å²) in [6, 6.07) is 11.1. The molecule has 2 aromatic rings.